The van der Waals surface area contributed by atoms with Gasteiger partial charge in [0, 0.05) is 11.0 Å². The van der Waals surface area contributed by atoms with Gasteiger partial charge in [0.1, 0.15) is 0 Å². The van der Waals surface area contributed by atoms with Gasteiger partial charge in [0.25, 0.3) is 0 Å². The standard InChI is InChI=1S/C12H16O3S/c1-9(7-13)16-8-11(12(14)15)10-5-3-2-4-6-10/h2-6,9,11,13H,7-8H2,1H3,(H,14,15). The van der Waals surface area contributed by atoms with Gasteiger partial charge in [0.05, 0.1) is 12.5 Å². The minimum Gasteiger partial charge on any atom is -0.481 e. The van der Waals surface area contributed by atoms with E-state index in [1.165, 1.54) is 11.8 Å². The Bertz CT molecular complexity index is 326. The van der Waals surface area contributed by atoms with Gasteiger partial charge in [-0.2, -0.15) is 11.8 Å². The zero-order valence-electron chi connectivity index (χ0n) is 9.17. The van der Waals surface area contributed by atoms with Crippen LogP contribution in [0.25, 0.3) is 0 Å². The van der Waals surface area contributed by atoms with Crippen LogP contribution in [0.15, 0.2) is 30.3 Å². The monoisotopic (exact) mass is 240 g/mol. The van der Waals surface area contributed by atoms with Crippen molar-refractivity contribution in [3.05, 3.63) is 35.9 Å². The fourth-order valence-corrected chi connectivity index (χ4v) is 2.27. The van der Waals surface area contributed by atoms with Crippen LogP contribution in [0.5, 0.6) is 0 Å². The lowest BCUT2D eigenvalue weighted by atomic mass is 10.0. The first-order valence-electron chi connectivity index (χ1n) is 5.15. The molecule has 3 nitrogen and oxygen atoms in total. The van der Waals surface area contributed by atoms with Crippen molar-refractivity contribution in [1.82, 2.24) is 0 Å². The second-order valence-electron chi connectivity index (χ2n) is 3.63. The summed E-state index contributed by atoms with van der Waals surface area (Å²) in [5.41, 5.74) is 0.813. The number of carboxylic acid groups (broad SMARTS) is 1. The maximum absolute atomic E-state index is 11.1. The molecule has 0 heterocycles. The minimum atomic E-state index is -0.816. The van der Waals surface area contributed by atoms with Crippen molar-refractivity contribution in [1.29, 1.82) is 0 Å². The molecule has 4 heteroatoms. The van der Waals surface area contributed by atoms with Crippen LogP contribution in [0.4, 0.5) is 0 Å². The molecule has 0 amide bonds. The SMILES string of the molecule is CC(CO)SCC(C(=O)O)c1ccccc1. The number of aliphatic carboxylic acids is 1. The summed E-state index contributed by atoms with van der Waals surface area (Å²) in [6, 6.07) is 9.19. The Balaban J connectivity index is 2.66. The van der Waals surface area contributed by atoms with Gasteiger partial charge in [-0.3, -0.25) is 4.79 Å². The first kappa shape index (κ1) is 13.1. The fourth-order valence-electron chi connectivity index (χ4n) is 1.31. The van der Waals surface area contributed by atoms with Crippen molar-refractivity contribution in [2.45, 2.75) is 18.1 Å². The zero-order chi connectivity index (χ0) is 12.0. The summed E-state index contributed by atoms with van der Waals surface area (Å²) in [5.74, 6) is -0.829. The first-order chi connectivity index (χ1) is 7.65. The van der Waals surface area contributed by atoms with Gasteiger partial charge < -0.3 is 10.2 Å². The average molecular weight is 240 g/mol. The van der Waals surface area contributed by atoms with Crippen molar-refractivity contribution < 1.29 is 15.0 Å². The molecule has 0 aromatic heterocycles. The number of thioether (sulfide) groups is 1. The minimum absolute atomic E-state index is 0.0746. The van der Waals surface area contributed by atoms with E-state index >= 15 is 0 Å². The summed E-state index contributed by atoms with van der Waals surface area (Å²) >= 11 is 1.48. The number of benzene rings is 1. The van der Waals surface area contributed by atoms with Crippen LogP contribution < -0.4 is 0 Å². The lowest BCUT2D eigenvalue weighted by Crippen LogP contribution is -2.16. The normalized spacial score (nSPS) is 14.4. The number of carboxylic acids is 1. The van der Waals surface area contributed by atoms with Crippen LogP contribution in [-0.4, -0.2) is 33.8 Å². The van der Waals surface area contributed by atoms with Gasteiger partial charge in [-0.05, 0) is 5.56 Å². The second kappa shape index (κ2) is 6.55. The molecule has 2 unspecified atom stereocenters. The van der Waals surface area contributed by atoms with Gasteiger partial charge in [-0.1, -0.05) is 37.3 Å². The molecule has 0 saturated carbocycles. The maximum atomic E-state index is 11.1. The van der Waals surface area contributed by atoms with Crippen LogP contribution in [-0.2, 0) is 4.79 Å². The van der Waals surface area contributed by atoms with Crippen molar-refractivity contribution in [2.75, 3.05) is 12.4 Å². The van der Waals surface area contributed by atoms with Crippen LogP contribution in [0.2, 0.25) is 0 Å². The van der Waals surface area contributed by atoms with Crippen molar-refractivity contribution in [3.63, 3.8) is 0 Å². The maximum Gasteiger partial charge on any atom is 0.311 e. The summed E-state index contributed by atoms with van der Waals surface area (Å²) in [7, 11) is 0. The molecule has 16 heavy (non-hydrogen) atoms. The quantitative estimate of drug-likeness (QED) is 0.798. The summed E-state index contributed by atoms with van der Waals surface area (Å²) in [4.78, 5) is 11.1. The molecule has 0 fully saturated rings. The molecule has 1 aromatic carbocycles. The summed E-state index contributed by atoms with van der Waals surface area (Å²) in [5, 5.41) is 18.1. The van der Waals surface area contributed by atoms with E-state index in [2.05, 4.69) is 0 Å². The third-order valence-electron chi connectivity index (χ3n) is 2.30. The van der Waals surface area contributed by atoms with E-state index < -0.39 is 11.9 Å². The summed E-state index contributed by atoms with van der Waals surface area (Å²) < 4.78 is 0. The van der Waals surface area contributed by atoms with E-state index in [0.29, 0.717) is 5.75 Å². The zero-order valence-corrected chi connectivity index (χ0v) is 9.98. The van der Waals surface area contributed by atoms with E-state index in [1.807, 2.05) is 37.3 Å². The number of hydrogen-bond acceptors (Lipinski definition) is 3. The van der Waals surface area contributed by atoms with E-state index in [9.17, 15) is 4.79 Å². The van der Waals surface area contributed by atoms with E-state index in [4.69, 9.17) is 10.2 Å². The third-order valence-corrected chi connectivity index (χ3v) is 3.55. The Kier molecular flexibility index (Phi) is 5.35. The molecule has 0 spiro atoms. The molecule has 2 atom stereocenters. The van der Waals surface area contributed by atoms with Crippen molar-refractivity contribution in [2.24, 2.45) is 0 Å². The number of rotatable bonds is 6. The molecule has 1 aromatic rings. The molecular formula is C12H16O3S. The lowest BCUT2D eigenvalue weighted by Gasteiger charge is -2.14. The number of hydrogen-bond donors (Lipinski definition) is 2. The first-order valence-corrected chi connectivity index (χ1v) is 6.20. The molecular weight excluding hydrogens is 224 g/mol. The van der Waals surface area contributed by atoms with Crippen LogP contribution >= 0.6 is 11.8 Å². The fraction of sp³-hybridized carbons (Fsp3) is 0.417. The van der Waals surface area contributed by atoms with E-state index in [1.54, 1.807) is 0 Å². The molecule has 1 rings (SSSR count). The van der Waals surface area contributed by atoms with Gasteiger partial charge in [-0.25, -0.2) is 0 Å². The summed E-state index contributed by atoms with van der Waals surface area (Å²) in [6.45, 7) is 1.96. The largest absolute Gasteiger partial charge is 0.481 e. The van der Waals surface area contributed by atoms with Gasteiger partial charge in [0.2, 0.25) is 0 Å². The van der Waals surface area contributed by atoms with Crippen LogP contribution in [0.1, 0.15) is 18.4 Å². The van der Waals surface area contributed by atoms with E-state index in [0.717, 1.165) is 5.56 Å². The van der Waals surface area contributed by atoms with Gasteiger partial charge in [0.15, 0.2) is 0 Å². The van der Waals surface area contributed by atoms with Crippen molar-refractivity contribution in [3.8, 4) is 0 Å². The second-order valence-corrected chi connectivity index (χ2v) is 5.10. The molecule has 0 aliphatic carbocycles. The Morgan fingerprint density at radius 3 is 2.50 bits per heavy atom. The third kappa shape index (κ3) is 3.87. The molecule has 0 aliphatic heterocycles. The Labute approximate surface area is 99.5 Å². The highest BCUT2D eigenvalue weighted by atomic mass is 32.2. The van der Waals surface area contributed by atoms with Crippen LogP contribution in [0.3, 0.4) is 0 Å². The predicted octanol–water partition coefficient (Wildman–Crippen LogP) is 1.97. The Hall–Kier alpha value is -1.00. The molecule has 0 bridgehead atoms. The number of carbonyl (C=O) groups is 1. The highest BCUT2D eigenvalue weighted by molar-refractivity contribution is 7.99. The predicted molar refractivity (Wildman–Crippen MR) is 65.8 cm³/mol. The summed E-state index contributed by atoms with van der Waals surface area (Å²) in [6.07, 6.45) is 0. The van der Waals surface area contributed by atoms with Gasteiger partial charge >= 0.3 is 5.97 Å². The number of aliphatic hydroxyl groups is 1. The van der Waals surface area contributed by atoms with E-state index in [-0.39, 0.29) is 11.9 Å². The smallest absolute Gasteiger partial charge is 0.311 e. The molecule has 0 radical (unpaired) electrons. The van der Waals surface area contributed by atoms with Crippen molar-refractivity contribution >= 4 is 17.7 Å². The highest BCUT2D eigenvalue weighted by Gasteiger charge is 2.20. The molecule has 88 valence electrons. The topological polar surface area (TPSA) is 57.5 Å². The molecule has 0 aliphatic rings. The Morgan fingerprint density at radius 2 is 2.00 bits per heavy atom. The molecule has 0 saturated heterocycles. The van der Waals surface area contributed by atoms with Crippen LogP contribution in [0, 0.1) is 0 Å². The average Bonchev–Trinajstić information content (AvgIpc) is 2.30. The highest BCUT2D eigenvalue weighted by Crippen LogP contribution is 2.23. The van der Waals surface area contributed by atoms with Gasteiger partial charge in [-0.15, -0.1) is 0 Å². The lowest BCUT2D eigenvalue weighted by molar-refractivity contribution is -0.138. The molecule has 2 N–H and O–H groups in total. The Morgan fingerprint density at radius 1 is 1.38 bits per heavy atom. The number of aliphatic hydroxyl groups excluding tert-OH is 1.